The Bertz CT molecular complexity index is 677. The molecule has 1 fully saturated rings. The van der Waals surface area contributed by atoms with E-state index in [4.69, 9.17) is 4.74 Å². The smallest absolute Gasteiger partial charge is 0.272 e. The maximum Gasteiger partial charge on any atom is 0.272 e. The number of likely N-dealkylation sites (tertiary alicyclic amines) is 1. The Morgan fingerprint density at radius 1 is 1.15 bits per heavy atom. The van der Waals surface area contributed by atoms with E-state index in [1.807, 2.05) is 42.3 Å². The Labute approximate surface area is 167 Å². The Morgan fingerprint density at radius 2 is 1.85 bits per heavy atom. The lowest BCUT2D eigenvalue weighted by molar-refractivity contribution is 0.0684. The number of hydrogen-bond acceptors (Lipinski definition) is 4. The number of benzene rings is 1. The molecule has 2 heterocycles. The van der Waals surface area contributed by atoms with Gasteiger partial charge in [0.05, 0.1) is 0 Å². The van der Waals surface area contributed by atoms with Gasteiger partial charge in [-0.3, -0.25) is 9.78 Å². The zero-order chi connectivity index (χ0) is 16.8. The molecule has 1 saturated heterocycles. The van der Waals surface area contributed by atoms with Crippen LogP contribution in [-0.2, 0) is 0 Å². The molecule has 0 saturated carbocycles. The first-order valence-corrected chi connectivity index (χ1v) is 8.39. The molecule has 1 amide bonds. The fourth-order valence-electron chi connectivity index (χ4n) is 3.01. The summed E-state index contributed by atoms with van der Waals surface area (Å²) in [4.78, 5) is 18.8. The summed E-state index contributed by atoms with van der Waals surface area (Å²) in [5.74, 6) is 2.01. The highest BCUT2D eigenvalue weighted by Crippen LogP contribution is 2.23. The van der Waals surface area contributed by atoms with Crippen molar-refractivity contribution < 1.29 is 9.53 Å². The largest absolute Gasteiger partial charge is 0.457 e. The van der Waals surface area contributed by atoms with Gasteiger partial charge in [-0.1, -0.05) is 18.2 Å². The molecule has 1 aromatic heterocycles. The Hall–Kier alpha value is -1.82. The number of carbonyl (C=O) groups excluding carboxylic acids is 1. The van der Waals surface area contributed by atoms with Crippen molar-refractivity contribution in [2.75, 3.05) is 26.7 Å². The minimum absolute atomic E-state index is 0. The number of nitrogens with one attached hydrogen (secondary N) is 1. The molecule has 0 radical (unpaired) electrons. The molecule has 2 aromatic rings. The molecule has 0 unspecified atom stereocenters. The van der Waals surface area contributed by atoms with E-state index in [-0.39, 0.29) is 30.7 Å². The van der Waals surface area contributed by atoms with Crippen molar-refractivity contribution in [1.29, 1.82) is 0 Å². The first kappa shape index (κ1) is 22.2. The number of carbonyl (C=O) groups is 1. The molecule has 1 aliphatic heterocycles. The minimum Gasteiger partial charge on any atom is -0.457 e. The lowest BCUT2D eigenvalue weighted by Gasteiger charge is -2.31. The van der Waals surface area contributed by atoms with Gasteiger partial charge in [-0.2, -0.15) is 0 Å². The molecule has 3 rings (SSSR count). The molecular weight excluding hydrogens is 373 g/mol. The van der Waals surface area contributed by atoms with Crippen LogP contribution in [0.4, 0.5) is 0 Å². The summed E-state index contributed by atoms with van der Waals surface area (Å²) in [6.45, 7) is 2.59. The highest BCUT2D eigenvalue weighted by Gasteiger charge is 2.24. The Balaban J connectivity index is 0.00000169. The van der Waals surface area contributed by atoms with Crippen molar-refractivity contribution in [2.24, 2.45) is 5.92 Å². The van der Waals surface area contributed by atoms with Crippen LogP contribution in [0.2, 0.25) is 0 Å². The van der Waals surface area contributed by atoms with Gasteiger partial charge in [0.15, 0.2) is 0 Å². The molecule has 1 N–H and O–H groups in total. The van der Waals surface area contributed by atoms with Crippen LogP contribution < -0.4 is 10.1 Å². The average Bonchev–Trinajstić information content (AvgIpc) is 2.63. The van der Waals surface area contributed by atoms with Crippen LogP contribution in [-0.4, -0.2) is 42.5 Å². The maximum atomic E-state index is 12.7. The van der Waals surface area contributed by atoms with Gasteiger partial charge in [-0.05, 0) is 50.6 Å². The van der Waals surface area contributed by atoms with Crippen molar-refractivity contribution in [3.63, 3.8) is 0 Å². The molecule has 7 heteroatoms. The quantitative estimate of drug-likeness (QED) is 0.833. The summed E-state index contributed by atoms with van der Waals surface area (Å²) in [5.41, 5.74) is 0.440. The lowest BCUT2D eigenvalue weighted by Crippen LogP contribution is -2.40. The van der Waals surface area contributed by atoms with Crippen LogP contribution in [0.3, 0.4) is 0 Å². The first-order chi connectivity index (χ1) is 11.8. The summed E-state index contributed by atoms with van der Waals surface area (Å²) < 4.78 is 5.79. The fourth-order valence-corrected chi connectivity index (χ4v) is 3.01. The second-order valence-electron chi connectivity index (χ2n) is 6.09. The second-order valence-corrected chi connectivity index (χ2v) is 6.09. The maximum absolute atomic E-state index is 12.7. The summed E-state index contributed by atoms with van der Waals surface area (Å²) >= 11 is 0. The Morgan fingerprint density at radius 3 is 2.50 bits per heavy atom. The molecule has 26 heavy (non-hydrogen) atoms. The monoisotopic (exact) mass is 397 g/mol. The van der Waals surface area contributed by atoms with Gasteiger partial charge >= 0.3 is 0 Å². The number of rotatable bonds is 5. The zero-order valence-electron chi connectivity index (χ0n) is 14.8. The molecule has 5 nitrogen and oxygen atoms in total. The number of ether oxygens (including phenoxy) is 1. The van der Waals surface area contributed by atoms with Crippen LogP contribution in [0.1, 0.15) is 23.3 Å². The predicted octanol–water partition coefficient (Wildman–Crippen LogP) is 3.79. The number of pyridine rings is 1. The highest BCUT2D eigenvalue weighted by molar-refractivity contribution is 5.92. The van der Waals surface area contributed by atoms with E-state index >= 15 is 0 Å². The van der Waals surface area contributed by atoms with Gasteiger partial charge in [0.1, 0.15) is 17.2 Å². The van der Waals surface area contributed by atoms with Gasteiger partial charge < -0.3 is 15.0 Å². The number of nitrogens with zero attached hydrogens (tertiary/aromatic N) is 2. The molecule has 1 aromatic carbocycles. The average molecular weight is 398 g/mol. The third kappa shape index (κ3) is 5.87. The fraction of sp³-hybridized carbons (Fsp3) is 0.368. The van der Waals surface area contributed by atoms with E-state index in [0.717, 1.165) is 38.2 Å². The van der Waals surface area contributed by atoms with Crippen molar-refractivity contribution in [3.05, 3.63) is 54.4 Å². The first-order valence-electron chi connectivity index (χ1n) is 8.39. The summed E-state index contributed by atoms with van der Waals surface area (Å²) in [6, 6.07) is 13.0. The van der Waals surface area contributed by atoms with Gasteiger partial charge in [0.25, 0.3) is 5.91 Å². The number of hydrogen-bond donors (Lipinski definition) is 1. The van der Waals surface area contributed by atoms with Crippen LogP contribution in [0.5, 0.6) is 11.5 Å². The van der Waals surface area contributed by atoms with Gasteiger partial charge in [-0.25, -0.2) is 0 Å². The number of halogens is 2. The van der Waals surface area contributed by atoms with Gasteiger partial charge in [-0.15, -0.1) is 24.8 Å². The molecule has 0 atom stereocenters. The van der Waals surface area contributed by atoms with Crippen molar-refractivity contribution in [1.82, 2.24) is 15.2 Å². The van der Waals surface area contributed by atoms with Gasteiger partial charge in [0.2, 0.25) is 0 Å². The highest BCUT2D eigenvalue weighted by atomic mass is 35.5. The summed E-state index contributed by atoms with van der Waals surface area (Å²) in [6.07, 6.45) is 3.69. The van der Waals surface area contributed by atoms with E-state index in [1.165, 1.54) is 0 Å². The third-order valence-electron chi connectivity index (χ3n) is 4.32. The molecule has 0 spiro atoms. The van der Waals surface area contributed by atoms with Crippen molar-refractivity contribution >= 4 is 30.7 Å². The van der Waals surface area contributed by atoms with Crippen LogP contribution in [0, 0.1) is 5.92 Å². The van der Waals surface area contributed by atoms with Gasteiger partial charge in [0, 0.05) is 25.4 Å². The zero-order valence-corrected chi connectivity index (χ0v) is 16.4. The summed E-state index contributed by atoms with van der Waals surface area (Å²) in [7, 11) is 1.97. The molecule has 1 aliphatic rings. The van der Waals surface area contributed by atoms with Crippen LogP contribution in [0.25, 0.3) is 0 Å². The molecular formula is C19H25Cl2N3O2. The van der Waals surface area contributed by atoms with E-state index in [1.54, 1.807) is 18.3 Å². The minimum atomic E-state index is -0.0172. The van der Waals surface area contributed by atoms with E-state index in [2.05, 4.69) is 10.3 Å². The number of piperidine rings is 1. The second kappa shape index (κ2) is 11.0. The molecule has 142 valence electrons. The summed E-state index contributed by atoms with van der Waals surface area (Å²) in [5, 5.41) is 3.21. The van der Waals surface area contributed by atoms with Crippen molar-refractivity contribution in [3.8, 4) is 11.5 Å². The third-order valence-corrected chi connectivity index (χ3v) is 4.32. The van der Waals surface area contributed by atoms with Crippen LogP contribution >= 0.6 is 24.8 Å². The lowest BCUT2D eigenvalue weighted by atomic mass is 9.96. The van der Waals surface area contributed by atoms with E-state index in [9.17, 15) is 4.79 Å². The van der Waals surface area contributed by atoms with E-state index in [0.29, 0.717) is 17.4 Å². The van der Waals surface area contributed by atoms with E-state index < -0.39 is 0 Å². The molecule has 0 bridgehead atoms. The number of para-hydroxylation sites is 1. The normalized spacial score (nSPS) is 14.1. The Kier molecular flexibility index (Phi) is 9.41. The standard InChI is InChI=1S/C19H23N3O2.2ClH/c1-20-14-15-8-11-22(12-9-15)19(23)18-13-17(7-10-21-18)24-16-5-3-2-4-6-16;;/h2-7,10,13,15,20H,8-9,11-12,14H2,1H3;2*1H. The predicted molar refractivity (Wildman–Crippen MR) is 108 cm³/mol. The van der Waals surface area contributed by atoms with Crippen molar-refractivity contribution in [2.45, 2.75) is 12.8 Å². The van der Waals surface area contributed by atoms with Crippen LogP contribution in [0.15, 0.2) is 48.7 Å². The SMILES string of the molecule is CNCC1CCN(C(=O)c2cc(Oc3ccccc3)ccn2)CC1.Cl.Cl. The number of aromatic nitrogens is 1. The topological polar surface area (TPSA) is 54.5 Å². The number of amides is 1. The molecule has 0 aliphatic carbocycles.